The molecule has 0 saturated carbocycles. The number of pyridine rings is 1. The maximum Gasteiger partial charge on any atom is 0.157 e. The van der Waals surface area contributed by atoms with Gasteiger partial charge in [-0.3, -0.25) is 4.98 Å². The average Bonchev–Trinajstić information content (AvgIpc) is 2.60. The van der Waals surface area contributed by atoms with Gasteiger partial charge in [0.05, 0.1) is 24.9 Å². The molecule has 0 amide bonds. The summed E-state index contributed by atoms with van der Waals surface area (Å²) in [6.45, 7) is 1.11. The molecule has 1 saturated heterocycles. The lowest BCUT2D eigenvalue weighted by Crippen LogP contribution is -2.32. The van der Waals surface area contributed by atoms with E-state index in [2.05, 4.69) is 21.1 Å². The van der Waals surface area contributed by atoms with Crippen LogP contribution in [0.25, 0.3) is 10.4 Å². The van der Waals surface area contributed by atoms with E-state index >= 15 is 0 Å². The smallest absolute Gasteiger partial charge is 0.157 e. The topological polar surface area (TPSA) is 104 Å². The van der Waals surface area contributed by atoms with Gasteiger partial charge in [-0.1, -0.05) is 11.2 Å². The van der Waals surface area contributed by atoms with Gasteiger partial charge in [0, 0.05) is 17.7 Å². The summed E-state index contributed by atoms with van der Waals surface area (Å²) in [6.07, 6.45) is 4.86. The molecule has 116 valence electrons. The summed E-state index contributed by atoms with van der Waals surface area (Å²) >= 11 is 0. The molecule has 2 heterocycles. The van der Waals surface area contributed by atoms with Crippen LogP contribution in [0.2, 0.25) is 0 Å². The van der Waals surface area contributed by atoms with Gasteiger partial charge in [0.15, 0.2) is 6.29 Å². The Bertz CT molecular complexity index is 547. The van der Waals surface area contributed by atoms with E-state index in [9.17, 15) is 5.26 Å². The highest BCUT2D eigenvalue weighted by Crippen LogP contribution is 2.27. The number of hydrogen-bond donors (Lipinski definition) is 0. The first-order valence-electron chi connectivity index (χ1n) is 7.37. The van der Waals surface area contributed by atoms with Crippen molar-refractivity contribution in [3.05, 3.63) is 40.5 Å². The zero-order valence-electron chi connectivity index (χ0n) is 12.4. The van der Waals surface area contributed by atoms with Gasteiger partial charge in [-0.15, -0.1) is 0 Å². The molecule has 0 N–H and O–H groups in total. The Balaban J connectivity index is 2.04. The van der Waals surface area contributed by atoms with Crippen LogP contribution in [0.1, 0.15) is 31.4 Å². The van der Waals surface area contributed by atoms with Crippen LogP contribution in [0.5, 0.6) is 0 Å². The van der Waals surface area contributed by atoms with Crippen LogP contribution >= 0.6 is 0 Å². The Morgan fingerprint density at radius 3 is 3.09 bits per heavy atom. The fourth-order valence-electron chi connectivity index (χ4n) is 2.44. The number of nitriles is 1. The SMILES string of the molecule is N#CC(CCOC1CCCCO1)(CN=[N+]=[N-])c1ccccn1. The zero-order chi connectivity index (χ0) is 15.7. The second-order valence-corrected chi connectivity index (χ2v) is 5.21. The average molecular weight is 301 g/mol. The molecule has 1 aliphatic heterocycles. The van der Waals surface area contributed by atoms with Gasteiger partial charge in [0.25, 0.3) is 0 Å². The lowest BCUT2D eigenvalue weighted by atomic mass is 9.82. The summed E-state index contributed by atoms with van der Waals surface area (Å²) in [7, 11) is 0. The molecule has 1 aromatic heterocycles. The van der Waals surface area contributed by atoms with Crippen molar-refractivity contribution in [3.63, 3.8) is 0 Å². The quantitative estimate of drug-likeness (QED) is 0.438. The van der Waals surface area contributed by atoms with E-state index in [0.717, 1.165) is 19.3 Å². The number of hydrogen-bond acceptors (Lipinski definition) is 5. The Morgan fingerprint density at radius 1 is 1.55 bits per heavy atom. The first kappa shape index (κ1) is 16.2. The highest BCUT2D eigenvalue weighted by atomic mass is 16.7. The first-order valence-corrected chi connectivity index (χ1v) is 7.37. The van der Waals surface area contributed by atoms with E-state index in [0.29, 0.717) is 25.3 Å². The summed E-state index contributed by atoms with van der Waals surface area (Å²) in [6, 6.07) is 7.63. The highest BCUT2D eigenvalue weighted by Gasteiger charge is 2.33. The lowest BCUT2D eigenvalue weighted by molar-refractivity contribution is -0.164. The molecule has 0 aromatic carbocycles. The number of rotatable bonds is 7. The Morgan fingerprint density at radius 2 is 2.45 bits per heavy atom. The van der Waals surface area contributed by atoms with Crippen LogP contribution in [-0.4, -0.2) is 31.0 Å². The third-order valence-corrected chi connectivity index (χ3v) is 3.74. The third kappa shape index (κ3) is 4.18. The van der Waals surface area contributed by atoms with Crippen LogP contribution in [0.3, 0.4) is 0 Å². The normalized spacial score (nSPS) is 20.4. The van der Waals surface area contributed by atoms with Crippen molar-refractivity contribution in [1.29, 1.82) is 5.26 Å². The van der Waals surface area contributed by atoms with Crippen molar-refractivity contribution in [1.82, 2.24) is 4.98 Å². The molecule has 0 radical (unpaired) electrons. The molecule has 2 atom stereocenters. The zero-order valence-corrected chi connectivity index (χ0v) is 12.4. The number of aromatic nitrogens is 1. The van der Waals surface area contributed by atoms with Crippen LogP contribution in [0, 0.1) is 11.3 Å². The standard InChI is InChI=1S/C15H19N5O2/c16-11-15(12-19-20-17,13-5-1-3-8-18-13)7-10-22-14-6-2-4-9-21-14/h1,3,5,8,14H,2,4,6-7,9-10,12H2. The molecule has 7 heteroatoms. The van der Waals surface area contributed by atoms with Gasteiger partial charge in [0.1, 0.15) is 5.41 Å². The molecule has 0 spiro atoms. The van der Waals surface area contributed by atoms with Crippen molar-refractivity contribution in [3.8, 4) is 6.07 Å². The monoisotopic (exact) mass is 301 g/mol. The fraction of sp³-hybridized carbons (Fsp3) is 0.600. The van der Waals surface area contributed by atoms with Crippen molar-refractivity contribution in [2.75, 3.05) is 19.8 Å². The van der Waals surface area contributed by atoms with Gasteiger partial charge in [-0.2, -0.15) is 5.26 Å². The Labute approximate surface area is 129 Å². The van der Waals surface area contributed by atoms with Gasteiger partial charge in [-0.05, 0) is 43.3 Å². The predicted molar refractivity (Wildman–Crippen MR) is 79.7 cm³/mol. The minimum atomic E-state index is -0.970. The van der Waals surface area contributed by atoms with Crippen LogP contribution < -0.4 is 0 Å². The molecule has 0 aliphatic carbocycles. The van der Waals surface area contributed by atoms with Crippen LogP contribution in [0.4, 0.5) is 0 Å². The summed E-state index contributed by atoms with van der Waals surface area (Å²) in [5.74, 6) is 0. The number of nitrogens with zero attached hydrogens (tertiary/aromatic N) is 5. The van der Waals surface area contributed by atoms with Gasteiger partial charge in [0.2, 0.25) is 0 Å². The summed E-state index contributed by atoms with van der Waals surface area (Å²) in [5.41, 5.74) is 8.20. The summed E-state index contributed by atoms with van der Waals surface area (Å²) in [4.78, 5) is 7.02. The fourth-order valence-corrected chi connectivity index (χ4v) is 2.44. The molecule has 1 aromatic rings. The van der Waals surface area contributed by atoms with Crippen molar-refractivity contribution in [2.45, 2.75) is 37.4 Å². The second kappa shape index (κ2) is 8.35. The predicted octanol–water partition coefficient (Wildman–Crippen LogP) is 3.09. The molecule has 2 unspecified atom stereocenters. The van der Waals surface area contributed by atoms with E-state index in [1.807, 2.05) is 6.07 Å². The molecular weight excluding hydrogens is 282 g/mol. The number of ether oxygens (including phenoxy) is 2. The Kier molecular flexibility index (Phi) is 6.16. The minimum Gasteiger partial charge on any atom is -0.353 e. The third-order valence-electron chi connectivity index (χ3n) is 3.74. The molecule has 7 nitrogen and oxygen atoms in total. The van der Waals surface area contributed by atoms with E-state index < -0.39 is 5.41 Å². The second-order valence-electron chi connectivity index (χ2n) is 5.21. The van der Waals surface area contributed by atoms with E-state index in [4.69, 9.17) is 15.0 Å². The van der Waals surface area contributed by atoms with E-state index in [-0.39, 0.29) is 12.8 Å². The molecule has 22 heavy (non-hydrogen) atoms. The first-order chi connectivity index (χ1) is 10.8. The van der Waals surface area contributed by atoms with Crippen molar-refractivity contribution in [2.24, 2.45) is 5.11 Å². The van der Waals surface area contributed by atoms with E-state index in [1.54, 1.807) is 18.3 Å². The summed E-state index contributed by atoms with van der Waals surface area (Å²) < 4.78 is 11.2. The van der Waals surface area contributed by atoms with Crippen LogP contribution in [-0.2, 0) is 14.9 Å². The molecule has 2 rings (SSSR count). The maximum absolute atomic E-state index is 9.63. The van der Waals surface area contributed by atoms with Gasteiger partial charge < -0.3 is 9.47 Å². The summed E-state index contributed by atoms with van der Waals surface area (Å²) in [5, 5.41) is 13.2. The maximum atomic E-state index is 9.63. The molecule has 1 fully saturated rings. The molecule has 1 aliphatic rings. The lowest BCUT2D eigenvalue weighted by Gasteiger charge is -2.27. The van der Waals surface area contributed by atoms with Gasteiger partial charge in [-0.25, -0.2) is 0 Å². The molecule has 0 bridgehead atoms. The van der Waals surface area contributed by atoms with Crippen molar-refractivity contribution >= 4 is 0 Å². The van der Waals surface area contributed by atoms with Crippen molar-refractivity contribution < 1.29 is 9.47 Å². The van der Waals surface area contributed by atoms with Gasteiger partial charge >= 0.3 is 0 Å². The minimum absolute atomic E-state index is 0.0336. The largest absolute Gasteiger partial charge is 0.353 e. The van der Waals surface area contributed by atoms with E-state index in [1.165, 1.54) is 0 Å². The highest BCUT2D eigenvalue weighted by molar-refractivity contribution is 5.27. The van der Waals surface area contributed by atoms with Crippen LogP contribution in [0.15, 0.2) is 29.5 Å². The Hall–Kier alpha value is -2.13. The number of azide groups is 1. The molecular formula is C15H19N5O2.